The van der Waals surface area contributed by atoms with E-state index in [-0.39, 0.29) is 11.9 Å². The molecule has 0 saturated heterocycles. The maximum Gasteiger partial charge on any atom is 0.253 e. The average Bonchev–Trinajstić information content (AvgIpc) is 2.46. The number of amides is 1. The number of hydrogen-bond donors (Lipinski definition) is 1. The molecule has 0 fully saturated rings. The second kappa shape index (κ2) is 6.78. The summed E-state index contributed by atoms with van der Waals surface area (Å²) in [5, 5.41) is 4.13. The zero-order valence-corrected chi connectivity index (χ0v) is 12.6. The molecule has 20 heavy (non-hydrogen) atoms. The van der Waals surface area contributed by atoms with E-state index >= 15 is 0 Å². The summed E-state index contributed by atoms with van der Waals surface area (Å²) in [7, 11) is 0. The van der Waals surface area contributed by atoms with Crippen LogP contribution in [-0.4, -0.2) is 5.91 Å². The van der Waals surface area contributed by atoms with E-state index in [1.54, 1.807) is 24.3 Å². The van der Waals surface area contributed by atoms with Crippen molar-refractivity contribution in [3.8, 4) is 0 Å². The maximum atomic E-state index is 12.3. The van der Waals surface area contributed by atoms with Crippen molar-refractivity contribution in [3.63, 3.8) is 0 Å². The van der Waals surface area contributed by atoms with E-state index in [4.69, 9.17) is 23.2 Å². The van der Waals surface area contributed by atoms with Crippen molar-refractivity contribution in [2.24, 2.45) is 0 Å². The lowest BCUT2D eigenvalue weighted by atomic mass is 10.0. The Morgan fingerprint density at radius 3 is 2.35 bits per heavy atom. The van der Waals surface area contributed by atoms with Crippen LogP contribution >= 0.6 is 23.2 Å². The predicted octanol–water partition coefficient (Wildman–Crippen LogP) is 4.87. The number of halogens is 2. The van der Waals surface area contributed by atoms with Crippen molar-refractivity contribution in [3.05, 3.63) is 69.7 Å². The normalized spacial score (nSPS) is 11.9. The van der Waals surface area contributed by atoms with Gasteiger partial charge in [0.25, 0.3) is 5.91 Å². The Labute approximate surface area is 128 Å². The van der Waals surface area contributed by atoms with Gasteiger partial charge in [-0.2, -0.15) is 0 Å². The average molecular weight is 308 g/mol. The summed E-state index contributed by atoms with van der Waals surface area (Å²) in [6, 6.07) is 14.4. The zero-order valence-electron chi connectivity index (χ0n) is 11.1. The van der Waals surface area contributed by atoms with E-state index in [9.17, 15) is 4.79 Å². The molecule has 2 aromatic rings. The maximum absolute atomic E-state index is 12.3. The van der Waals surface area contributed by atoms with E-state index in [1.807, 2.05) is 31.2 Å². The van der Waals surface area contributed by atoms with Crippen LogP contribution in [0.25, 0.3) is 0 Å². The van der Waals surface area contributed by atoms with Crippen molar-refractivity contribution in [2.45, 2.75) is 19.4 Å². The van der Waals surface area contributed by atoms with Gasteiger partial charge in [0.05, 0.1) is 16.6 Å². The summed E-state index contributed by atoms with van der Waals surface area (Å²) in [5.41, 5.74) is 1.51. The van der Waals surface area contributed by atoms with Crippen molar-refractivity contribution in [1.29, 1.82) is 0 Å². The van der Waals surface area contributed by atoms with E-state index in [2.05, 4.69) is 5.32 Å². The van der Waals surface area contributed by atoms with Gasteiger partial charge >= 0.3 is 0 Å². The minimum Gasteiger partial charge on any atom is -0.345 e. The molecule has 0 spiro atoms. The molecular weight excluding hydrogens is 293 g/mol. The summed E-state index contributed by atoms with van der Waals surface area (Å²) in [4.78, 5) is 12.3. The molecule has 4 heteroatoms. The number of carbonyl (C=O) groups is 1. The second-order valence-electron chi connectivity index (χ2n) is 4.47. The van der Waals surface area contributed by atoms with Gasteiger partial charge in [-0.3, -0.25) is 4.79 Å². The van der Waals surface area contributed by atoms with Gasteiger partial charge in [0.15, 0.2) is 0 Å². The third-order valence-corrected chi connectivity index (χ3v) is 3.69. The van der Waals surface area contributed by atoms with Crippen molar-refractivity contribution >= 4 is 29.1 Å². The Morgan fingerprint density at radius 1 is 1.10 bits per heavy atom. The lowest BCUT2D eigenvalue weighted by Crippen LogP contribution is -2.28. The van der Waals surface area contributed by atoms with Gasteiger partial charge in [0, 0.05) is 5.02 Å². The smallest absolute Gasteiger partial charge is 0.253 e. The van der Waals surface area contributed by atoms with Gasteiger partial charge in [-0.05, 0) is 36.2 Å². The lowest BCUT2D eigenvalue weighted by molar-refractivity contribution is 0.0935. The van der Waals surface area contributed by atoms with E-state index < -0.39 is 0 Å². The minimum atomic E-state index is -0.169. The third-order valence-electron chi connectivity index (χ3n) is 3.10. The van der Waals surface area contributed by atoms with Crippen LogP contribution in [0.4, 0.5) is 0 Å². The molecule has 104 valence electrons. The first kappa shape index (κ1) is 14.9. The summed E-state index contributed by atoms with van der Waals surface area (Å²) in [5.74, 6) is -0.169. The highest BCUT2D eigenvalue weighted by molar-refractivity contribution is 6.33. The van der Waals surface area contributed by atoms with Crippen LogP contribution in [0.1, 0.15) is 35.3 Å². The number of nitrogens with one attached hydrogen (secondary N) is 1. The SMILES string of the molecule is CCC(NC(=O)c1ccccc1Cl)c1ccc(Cl)cc1. The number of benzene rings is 2. The summed E-state index contributed by atoms with van der Waals surface area (Å²) in [6.07, 6.45) is 0.790. The number of carbonyl (C=O) groups excluding carboxylic acids is 1. The molecule has 1 N–H and O–H groups in total. The van der Waals surface area contributed by atoms with Gasteiger partial charge in [-0.25, -0.2) is 0 Å². The Morgan fingerprint density at radius 2 is 1.75 bits per heavy atom. The van der Waals surface area contributed by atoms with E-state index in [0.29, 0.717) is 15.6 Å². The summed E-state index contributed by atoms with van der Waals surface area (Å²) in [6.45, 7) is 2.02. The van der Waals surface area contributed by atoms with Crippen molar-refractivity contribution < 1.29 is 4.79 Å². The Bertz CT molecular complexity index is 596. The highest BCUT2D eigenvalue weighted by Gasteiger charge is 2.15. The summed E-state index contributed by atoms with van der Waals surface area (Å²) >= 11 is 11.9. The molecule has 0 aromatic heterocycles. The van der Waals surface area contributed by atoms with Crippen LogP contribution in [0.2, 0.25) is 10.0 Å². The molecule has 0 bridgehead atoms. The standard InChI is InChI=1S/C16H15Cl2NO/c1-2-15(11-7-9-12(17)10-8-11)19-16(20)13-5-3-4-6-14(13)18/h3-10,15H,2H2,1H3,(H,19,20). The largest absolute Gasteiger partial charge is 0.345 e. The molecule has 0 heterocycles. The quantitative estimate of drug-likeness (QED) is 0.857. The van der Waals surface area contributed by atoms with Gasteiger partial charge in [-0.15, -0.1) is 0 Å². The Kier molecular flexibility index (Phi) is 5.05. The molecule has 2 rings (SSSR count). The van der Waals surface area contributed by atoms with E-state index in [1.165, 1.54) is 0 Å². The Balaban J connectivity index is 2.16. The highest BCUT2D eigenvalue weighted by Crippen LogP contribution is 2.21. The third kappa shape index (κ3) is 3.53. The molecule has 0 aliphatic carbocycles. The van der Waals surface area contributed by atoms with Gasteiger partial charge < -0.3 is 5.32 Å². The van der Waals surface area contributed by atoms with Crippen LogP contribution in [0.5, 0.6) is 0 Å². The van der Waals surface area contributed by atoms with Crippen LogP contribution in [-0.2, 0) is 0 Å². The molecule has 0 aliphatic rings. The molecule has 2 aromatic carbocycles. The van der Waals surface area contributed by atoms with Crippen LogP contribution in [0.15, 0.2) is 48.5 Å². The molecular formula is C16H15Cl2NO. The first-order chi connectivity index (χ1) is 9.61. The molecule has 2 nitrogen and oxygen atoms in total. The fourth-order valence-electron chi connectivity index (χ4n) is 2.00. The van der Waals surface area contributed by atoms with Gasteiger partial charge in [0.2, 0.25) is 0 Å². The molecule has 0 radical (unpaired) electrons. The number of rotatable bonds is 4. The zero-order chi connectivity index (χ0) is 14.5. The van der Waals surface area contributed by atoms with E-state index in [0.717, 1.165) is 12.0 Å². The molecule has 1 atom stereocenters. The topological polar surface area (TPSA) is 29.1 Å². The van der Waals surface area contributed by atoms with Gasteiger partial charge in [-0.1, -0.05) is 54.4 Å². The molecule has 1 unspecified atom stereocenters. The first-order valence-corrected chi connectivity index (χ1v) is 7.18. The molecule has 0 saturated carbocycles. The van der Waals surface area contributed by atoms with Gasteiger partial charge in [0.1, 0.15) is 0 Å². The van der Waals surface area contributed by atoms with Crippen molar-refractivity contribution in [1.82, 2.24) is 5.32 Å². The highest BCUT2D eigenvalue weighted by atomic mass is 35.5. The fraction of sp³-hybridized carbons (Fsp3) is 0.188. The Hall–Kier alpha value is -1.51. The number of hydrogen-bond acceptors (Lipinski definition) is 1. The minimum absolute atomic E-state index is 0.0592. The predicted molar refractivity (Wildman–Crippen MR) is 83.4 cm³/mol. The lowest BCUT2D eigenvalue weighted by Gasteiger charge is -2.18. The van der Waals surface area contributed by atoms with Crippen LogP contribution in [0, 0.1) is 0 Å². The molecule has 1 amide bonds. The van der Waals surface area contributed by atoms with Crippen LogP contribution in [0.3, 0.4) is 0 Å². The molecule has 0 aliphatic heterocycles. The summed E-state index contributed by atoms with van der Waals surface area (Å²) < 4.78 is 0. The monoisotopic (exact) mass is 307 g/mol. The fourth-order valence-corrected chi connectivity index (χ4v) is 2.35. The van der Waals surface area contributed by atoms with Crippen molar-refractivity contribution in [2.75, 3.05) is 0 Å². The van der Waals surface area contributed by atoms with Crippen LogP contribution < -0.4 is 5.32 Å². The first-order valence-electron chi connectivity index (χ1n) is 6.42. The second-order valence-corrected chi connectivity index (χ2v) is 5.31.